The van der Waals surface area contributed by atoms with Crippen LogP contribution in [-0.2, 0) is 4.74 Å². The number of nitrogens with zero attached hydrogens (tertiary/aromatic N) is 4. The molecule has 0 unspecified atom stereocenters. The van der Waals surface area contributed by atoms with Crippen LogP contribution in [0.3, 0.4) is 0 Å². The molecule has 0 saturated carbocycles. The molecule has 0 amide bonds. The maximum atomic E-state index is 11.1. The Labute approximate surface area is 152 Å². The van der Waals surface area contributed by atoms with Crippen LogP contribution < -0.4 is 5.32 Å². The van der Waals surface area contributed by atoms with Crippen molar-refractivity contribution >= 4 is 11.9 Å². The van der Waals surface area contributed by atoms with Crippen molar-refractivity contribution < 1.29 is 14.6 Å². The molecule has 2 aromatic heterocycles. The quantitative estimate of drug-likeness (QED) is 0.807. The Kier molecular flexibility index (Phi) is 5.43. The average molecular weight is 357 g/mol. The summed E-state index contributed by atoms with van der Waals surface area (Å²) in [6.45, 7) is 2.19. The molecule has 26 heavy (non-hydrogen) atoms. The summed E-state index contributed by atoms with van der Waals surface area (Å²) in [5, 5.41) is 12.5. The summed E-state index contributed by atoms with van der Waals surface area (Å²) in [5.74, 6) is -0.494. The van der Waals surface area contributed by atoms with Gasteiger partial charge in [0.2, 0.25) is 5.95 Å². The fourth-order valence-corrected chi connectivity index (χ4v) is 3.07. The van der Waals surface area contributed by atoms with Crippen molar-refractivity contribution in [3.05, 3.63) is 36.2 Å². The zero-order valence-electron chi connectivity index (χ0n) is 15.0. The number of hydrogen-bond acceptors (Lipinski definition) is 7. The van der Waals surface area contributed by atoms with Gasteiger partial charge in [-0.2, -0.15) is 0 Å². The molecular formula is C18H23N5O3. The number of carboxylic acids is 1. The number of aromatic carboxylic acids is 1. The van der Waals surface area contributed by atoms with Gasteiger partial charge in [0.05, 0.1) is 17.0 Å². The number of rotatable bonds is 6. The Hall–Kier alpha value is -2.58. The van der Waals surface area contributed by atoms with Crippen molar-refractivity contribution in [1.82, 2.24) is 19.9 Å². The average Bonchev–Trinajstić information content (AvgIpc) is 2.67. The first-order valence-corrected chi connectivity index (χ1v) is 8.52. The van der Waals surface area contributed by atoms with Crippen LogP contribution in [0.15, 0.2) is 30.6 Å². The topological polar surface area (TPSA) is 100 Å². The molecule has 0 spiro atoms. The Balaban J connectivity index is 1.77. The van der Waals surface area contributed by atoms with E-state index in [1.54, 1.807) is 12.3 Å². The minimum Gasteiger partial charge on any atom is -0.478 e. The lowest BCUT2D eigenvalue weighted by atomic mass is 9.88. The van der Waals surface area contributed by atoms with Crippen molar-refractivity contribution in [1.29, 1.82) is 0 Å². The molecule has 1 aliphatic rings. The minimum atomic E-state index is -0.992. The molecule has 1 aliphatic heterocycles. The lowest BCUT2D eigenvalue weighted by molar-refractivity contribution is -0.000704. The van der Waals surface area contributed by atoms with Crippen LogP contribution in [0.4, 0.5) is 5.95 Å². The van der Waals surface area contributed by atoms with E-state index in [9.17, 15) is 4.79 Å². The highest BCUT2D eigenvalue weighted by Gasteiger charge is 2.34. The first kappa shape index (κ1) is 18.2. The van der Waals surface area contributed by atoms with E-state index < -0.39 is 5.97 Å². The van der Waals surface area contributed by atoms with Crippen molar-refractivity contribution in [2.45, 2.75) is 18.4 Å². The van der Waals surface area contributed by atoms with E-state index in [1.165, 1.54) is 18.3 Å². The molecule has 3 rings (SSSR count). The number of ether oxygens (including phenoxy) is 1. The zero-order valence-corrected chi connectivity index (χ0v) is 15.0. The van der Waals surface area contributed by atoms with E-state index in [2.05, 4.69) is 39.3 Å². The van der Waals surface area contributed by atoms with E-state index in [0.717, 1.165) is 26.1 Å². The maximum Gasteiger partial charge on any atom is 0.335 e. The first-order valence-electron chi connectivity index (χ1n) is 8.52. The molecule has 2 aromatic rings. The first-order chi connectivity index (χ1) is 12.5. The molecule has 3 heterocycles. The third-order valence-corrected chi connectivity index (χ3v) is 4.87. The number of carbonyl (C=O) groups is 1. The SMILES string of the molecule is CN(C)C1(CNc2nccc(-c3cc(C(=O)O)ccn3)n2)CCOCC1. The molecule has 2 N–H and O–H groups in total. The van der Waals surface area contributed by atoms with Crippen LogP contribution >= 0.6 is 0 Å². The monoisotopic (exact) mass is 357 g/mol. The third kappa shape index (κ3) is 3.97. The van der Waals surface area contributed by atoms with Gasteiger partial charge in [0.15, 0.2) is 0 Å². The summed E-state index contributed by atoms with van der Waals surface area (Å²) in [6, 6.07) is 4.68. The number of anilines is 1. The van der Waals surface area contributed by atoms with Crippen LogP contribution in [0.1, 0.15) is 23.2 Å². The fourth-order valence-electron chi connectivity index (χ4n) is 3.07. The highest BCUT2D eigenvalue weighted by molar-refractivity contribution is 5.88. The molecule has 138 valence electrons. The van der Waals surface area contributed by atoms with Crippen LogP contribution in [0, 0.1) is 0 Å². The van der Waals surface area contributed by atoms with E-state index in [0.29, 0.717) is 23.9 Å². The number of nitrogens with one attached hydrogen (secondary N) is 1. The maximum absolute atomic E-state index is 11.1. The summed E-state index contributed by atoms with van der Waals surface area (Å²) >= 11 is 0. The van der Waals surface area contributed by atoms with Gasteiger partial charge in [-0.1, -0.05) is 0 Å². The molecule has 0 bridgehead atoms. The van der Waals surface area contributed by atoms with Gasteiger partial charge >= 0.3 is 5.97 Å². The lowest BCUT2D eigenvalue weighted by Crippen LogP contribution is -2.53. The van der Waals surface area contributed by atoms with Crippen LogP contribution in [0.2, 0.25) is 0 Å². The van der Waals surface area contributed by atoms with Crippen LogP contribution in [0.25, 0.3) is 11.4 Å². The predicted molar refractivity (Wildman–Crippen MR) is 97.2 cm³/mol. The number of pyridine rings is 1. The Morgan fingerprint density at radius 3 is 2.65 bits per heavy atom. The van der Waals surface area contributed by atoms with Crippen LogP contribution in [0.5, 0.6) is 0 Å². The Morgan fingerprint density at radius 1 is 1.23 bits per heavy atom. The number of hydrogen-bond donors (Lipinski definition) is 2. The molecule has 0 atom stereocenters. The summed E-state index contributed by atoms with van der Waals surface area (Å²) in [5.41, 5.74) is 1.26. The fraction of sp³-hybridized carbons (Fsp3) is 0.444. The van der Waals surface area contributed by atoms with Crippen LogP contribution in [-0.4, -0.2) is 70.3 Å². The molecule has 1 saturated heterocycles. The van der Waals surface area contributed by atoms with Crippen molar-refractivity contribution in [2.75, 3.05) is 39.2 Å². The smallest absolute Gasteiger partial charge is 0.335 e. The second-order valence-electron chi connectivity index (χ2n) is 6.59. The van der Waals surface area contributed by atoms with Gasteiger partial charge in [-0.15, -0.1) is 0 Å². The van der Waals surface area contributed by atoms with Gasteiger partial charge in [0.25, 0.3) is 0 Å². The van der Waals surface area contributed by atoms with E-state index in [4.69, 9.17) is 9.84 Å². The van der Waals surface area contributed by atoms with Crippen molar-refractivity contribution in [3.63, 3.8) is 0 Å². The van der Waals surface area contributed by atoms with Crippen molar-refractivity contribution in [2.24, 2.45) is 0 Å². The third-order valence-electron chi connectivity index (χ3n) is 4.87. The zero-order chi connectivity index (χ0) is 18.6. The number of likely N-dealkylation sites (N-methyl/N-ethyl adjacent to an activating group) is 1. The highest BCUT2D eigenvalue weighted by Crippen LogP contribution is 2.26. The Morgan fingerprint density at radius 2 is 1.96 bits per heavy atom. The normalized spacial score (nSPS) is 16.4. The Bertz CT molecular complexity index is 775. The van der Waals surface area contributed by atoms with E-state index >= 15 is 0 Å². The van der Waals surface area contributed by atoms with Gasteiger partial charge < -0.3 is 20.1 Å². The minimum absolute atomic E-state index is 0.000904. The second kappa shape index (κ2) is 7.76. The van der Waals surface area contributed by atoms with Gasteiger partial charge in [0, 0.05) is 37.7 Å². The van der Waals surface area contributed by atoms with Crippen molar-refractivity contribution in [3.8, 4) is 11.4 Å². The van der Waals surface area contributed by atoms with E-state index in [1.807, 2.05) is 0 Å². The van der Waals surface area contributed by atoms with Gasteiger partial charge in [-0.05, 0) is 45.1 Å². The summed E-state index contributed by atoms with van der Waals surface area (Å²) in [4.78, 5) is 26.4. The van der Waals surface area contributed by atoms with E-state index in [-0.39, 0.29) is 11.1 Å². The van der Waals surface area contributed by atoms with Gasteiger partial charge in [0.1, 0.15) is 0 Å². The summed E-state index contributed by atoms with van der Waals surface area (Å²) in [7, 11) is 4.15. The predicted octanol–water partition coefficient (Wildman–Crippen LogP) is 1.76. The summed E-state index contributed by atoms with van der Waals surface area (Å²) < 4.78 is 5.49. The standard InChI is InChI=1S/C18H23N5O3/c1-23(2)18(5-9-26-10-6-18)12-21-17-20-8-4-14(22-17)15-11-13(16(24)25)3-7-19-15/h3-4,7-8,11H,5-6,9-10,12H2,1-2H3,(H,24,25)(H,20,21,22). The van der Waals surface area contributed by atoms with Gasteiger partial charge in [-0.3, -0.25) is 4.98 Å². The largest absolute Gasteiger partial charge is 0.478 e. The van der Waals surface area contributed by atoms with Gasteiger partial charge in [-0.25, -0.2) is 14.8 Å². The molecule has 8 nitrogen and oxygen atoms in total. The summed E-state index contributed by atoms with van der Waals surface area (Å²) in [6.07, 6.45) is 4.99. The molecule has 0 aliphatic carbocycles. The molecule has 1 fully saturated rings. The highest BCUT2D eigenvalue weighted by atomic mass is 16.5. The number of aromatic nitrogens is 3. The molecule has 0 aromatic carbocycles. The molecular weight excluding hydrogens is 334 g/mol. The second-order valence-corrected chi connectivity index (χ2v) is 6.59. The number of carboxylic acid groups (broad SMARTS) is 1. The lowest BCUT2D eigenvalue weighted by Gasteiger charge is -2.42. The molecule has 8 heteroatoms. The molecule has 0 radical (unpaired) electrons.